The molecule has 2 amide bonds. The van der Waals surface area contributed by atoms with Crippen molar-refractivity contribution in [3.05, 3.63) is 17.5 Å². The number of H-pyrrole nitrogens is 1. The molecule has 1 aliphatic carbocycles. The molecule has 13 heteroatoms. The number of alkyl halides is 3. The van der Waals surface area contributed by atoms with Crippen molar-refractivity contribution in [2.75, 3.05) is 5.32 Å². The topological polar surface area (TPSA) is 139 Å². The van der Waals surface area contributed by atoms with Crippen molar-refractivity contribution in [3.8, 4) is 0 Å². The Bertz CT molecular complexity index is 885. The maximum Gasteiger partial charge on any atom is 0.451 e. The third-order valence-electron chi connectivity index (χ3n) is 4.84. The minimum absolute atomic E-state index is 0.0749. The van der Waals surface area contributed by atoms with Gasteiger partial charge in [0, 0.05) is 19.8 Å². The van der Waals surface area contributed by atoms with Crippen LogP contribution in [0.1, 0.15) is 69.4 Å². The van der Waals surface area contributed by atoms with Gasteiger partial charge in [-0.3, -0.25) is 20.0 Å². The summed E-state index contributed by atoms with van der Waals surface area (Å²) < 4.78 is 42.7. The van der Waals surface area contributed by atoms with E-state index in [0.717, 1.165) is 25.7 Å². The maximum atomic E-state index is 12.5. The van der Waals surface area contributed by atoms with Gasteiger partial charge in [-0.2, -0.15) is 23.1 Å². The normalized spacial score (nSPS) is 16.7. The lowest BCUT2D eigenvalue weighted by atomic mass is 9.89. The number of anilines is 1. The van der Waals surface area contributed by atoms with Crippen LogP contribution >= 0.6 is 0 Å². The smallest absolute Gasteiger partial charge is 0.343 e. The predicted molar refractivity (Wildman–Crippen MR) is 95.8 cm³/mol. The van der Waals surface area contributed by atoms with Gasteiger partial charge in [-0.15, -0.1) is 5.10 Å². The number of carbonyl (C=O) groups is 2. The second-order valence-electron chi connectivity index (χ2n) is 7.24. The molecule has 0 aromatic carbocycles. The zero-order chi connectivity index (χ0) is 21.8. The lowest BCUT2D eigenvalue weighted by Crippen LogP contribution is -2.45. The molecule has 3 rings (SSSR count). The van der Waals surface area contributed by atoms with Crippen LogP contribution in [0.3, 0.4) is 0 Å². The Morgan fingerprint density at radius 1 is 1.17 bits per heavy atom. The van der Waals surface area contributed by atoms with Crippen LogP contribution in [0, 0.1) is 0 Å². The molecule has 0 aliphatic heterocycles. The standard InChI is InChI=1S/C17H22F3N7O3/c1-10(28)24-16(8-4-2-3-5-9-16)13-22-12(30-27-13)7-6-11(29)21-15-23-14(25-26-15)17(18,19)20/h2-9H2,1H3,(H,24,28)(H2,21,23,25,26,29). The molecule has 1 fully saturated rings. The molecule has 10 nitrogen and oxygen atoms in total. The van der Waals surface area contributed by atoms with Gasteiger partial charge in [0.05, 0.1) is 0 Å². The van der Waals surface area contributed by atoms with Gasteiger partial charge in [0.25, 0.3) is 0 Å². The van der Waals surface area contributed by atoms with E-state index in [0.29, 0.717) is 18.7 Å². The average molecular weight is 429 g/mol. The number of aryl methyl sites for hydroxylation is 1. The number of aromatic amines is 1. The number of aromatic nitrogens is 5. The first-order valence-corrected chi connectivity index (χ1v) is 9.59. The number of hydrogen-bond acceptors (Lipinski definition) is 7. The lowest BCUT2D eigenvalue weighted by molar-refractivity contribution is -0.144. The van der Waals surface area contributed by atoms with Crippen LogP contribution in [0.2, 0.25) is 0 Å². The summed E-state index contributed by atoms with van der Waals surface area (Å²) in [6.45, 7) is 1.44. The van der Waals surface area contributed by atoms with Gasteiger partial charge < -0.3 is 9.84 Å². The molecule has 0 bridgehead atoms. The minimum Gasteiger partial charge on any atom is -0.343 e. The van der Waals surface area contributed by atoms with E-state index >= 15 is 0 Å². The van der Waals surface area contributed by atoms with E-state index in [1.165, 1.54) is 6.92 Å². The van der Waals surface area contributed by atoms with Gasteiger partial charge in [-0.1, -0.05) is 30.8 Å². The van der Waals surface area contributed by atoms with E-state index in [1.54, 1.807) is 5.10 Å². The quantitative estimate of drug-likeness (QED) is 0.600. The summed E-state index contributed by atoms with van der Waals surface area (Å²) >= 11 is 0. The van der Waals surface area contributed by atoms with E-state index < -0.39 is 29.4 Å². The van der Waals surface area contributed by atoms with Crippen molar-refractivity contribution in [2.24, 2.45) is 0 Å². The molecule has 2 aromatic rings. The predicted octanol–water partition coefficient (Wildman–Crippen LogP) is 2.46. The first-order chi connectivity index (χ1) is 14.2. The van der Waals surface area contributed by atoms with Crippen LogP contribution in [-0.4, -0.2) is 37.1 Å². The summed E-state index contributed by atoms with van der Waals surface area (Å²) in [7, 11) is 0. The number of nitrogens with one attached hydrogen (secondary N) is 3. The van der Waals surface area contributed by atoms with Crippen molar-refractivity contribution >= 4 is 17.8 Å². The fourth-order valence-corrected chi connectivity index (χ4v) is 3.48. The fraction of sp³-hybridized carbons (Fsp3) is 0.647. The molecule has 0 saturated heterocycles. The first-order valence-electron chi connectivity index (χ1n) is 9.59. The second kappa shape index (κ2) is 8.79. The van der Waals surface area contributed by atoms with Crippen molar-refractivity contribution in [3.63, 3.8) is 0 Å². The van der Waals surface area contributed by atoms with Crippen LogP contribution < -0.4 is 10.6 Å². The lowest BCUT2D eigenvalue weighted by Gasteiger charge is -2.30. The number of hydrogen-bond donors (Lipinski definition) is 3. The monoisotopic (exact) mass is 429 g/mol. The molecule has 3 N–H and O–H groups in total. The highest BCUT2D eigenvalue weighted by Crippen LogP contribution is 2.34. The van der Waals surface area contributed by atoms with Crippen molar-refractivity contribution < 1.29 is 27.3 Å². The molecule has 30 heavy (non-hydrogen) atoms. The highest BCUT2D eigenvalue weighted by Gasteiger charge is 2.38. The Labute approximate surface area is 169 Å². The molecule has 1 aliphatic rings. The third-order valence-corrected chi connectivity index (χ3v) is 4.84. The average Bonchev–Trinajstić information content (AvgIpc) is 3.26. The van der Waals surface area contributed by atoms with Crippen molar-refractivity contribution in [1.82, 2.24) is 30.6 Å². The van der Waals surface area contributed by atoms with Crippen LogP contribution in [0.25, 0.3) is 0 Å². The van der Waals surface area contributed by atoms with Gasteiger partial charge in [-0.05, 0) is 12.8 Å². The number of carbonyl (C=O) groups excluding carboxylic acids is 2. The van der Waals surface area contributed by atoms with Gasteiger partial charge in [-0.25, -0.2) is 0 Å². The molecule has 2 aromatic heterocycles. The minimum atomic E-state index is -4.68. The van der Waals surface area contributed by atoms with E-state index in [1.807, 2.05) is 0 Å². The van der Waals surface area contributed by atoms with Gasteiger partial charge in [0.15, 0.2) is 5.82 Å². The molecule has 0 spiro atoms. The number of halogens is 3. The molecular formula is C17H22F3N7O3. The van der Waals surface area contributed by atoms with Gasteiger partial charge in [0.1, 0.15) is 5.54 Å². The Morgan fingerprint density at radius 3 is 2.47 bits per heavy atom. The number of rotatable bonds is 6. The SMILES string of the molecule is CC(=O)NC1(c2noc(CCC(=O)Nc3n[nH]c(C(F)(F)F)n3)n2)CCCCCC1. The molecule has 164 valence electrons. The highest BCUT2D eigenvalue weighted by atomic mass is 19.4. The molecule has 1 saturated carbocycles. The molecule has 0 atom stereocenters. The Morgan fingerprint density at radius 2 is 1.87 bits per heavy atom. The largest absolute Gasteiger partial charge is 0.451 e. The Hall–Kier alpha value is -2.99. The molecule has 0 radical (unpaired) electrons. The summed E-state index contributed by atoms with van der Waals surface area (Å²) in [5.41, 5.74) is -0.695. The summed E-state index contributed by atoms with van der Waals surface area (Å²) in [6, 6.07) is 0. The van der Waals surface area contributed by atoms with Crippen molar-refractivity contribution in [2.45, 2.75) is 70.0 Å². The van der Waals surface area contributed by atoms with Crippen LogP contribution in [0.15, 0.2) is 4.52 Å². The van der Waals surface area contributed by atoms with E-state index in [2.05, 4.69) is 30.9 Å². The fourth-order valence-electron chi connectivity index (χ4n) is 3.48. The van der Waals surface area contributed by atoms with Crippen LogP contribution in [0.4, 0.5) is 19.1 Å². The molecule has 2 heterocycles. The van der Waals surface area contributed by atoms with E-state index in [-0.39, 0.29) is 24.6 Å². The molecular weight excluding hydrogens is 407 g/mol. The first kappa shape index (κ1) is 21.7. The van der Waals surface area contributed by atoms with Crippen LogP contribution in [0.5, 0.6) is 0 Å². The summed E-state index contributed by atoms with van der Waals surface area (Å²) in [6.07, 6.45) is 0.615. The zero-order valence-corrected chi connectivity index (χ0v) is 16.3. The van der Waals surface area contributed by atoms with Gasteiger partial charge >= 0.3 is 6.18 Å². The van der Waals surface area contributed by atoms with E-state index in [4.69, 9.17) is 4.52 Å². The Balaban J connectivity index is 1.61. The molecule has 0 unspecified atom stereocenters. The van der Waals surface area contributed by atoms with Crippen LogP contribution in [-0.2, 0) is 27.7 Å². The summed E-state index contributed by atoms with van der Waals surface area (Å²) in [4.78, 5) is 31.2. The number of nitrogens with zero attached hydrogens (tertiary/aromatic N) is 4. The summed E-state index contributed by atoms with van der Waals surface area (Å²) in [5, 5.41) is 14.2. The zero-order valence-electron chi connectivity index (χ0n) is 16.3. The summed E-state index contributed by atoms with van der Waals surface area (Å²) in [5.74, 6) is -1.99. The van der Waals surface area contributed by atoms with Crippen molar-refractivity contribution in [1.29, 1.82) is 0 Å². The Kier molecular flexibility index (Phi) is 6.37. The third kappa shape index (κ3) is 5.33. The highest BCUT2D eigenvalue weighted by molar-refractivity contribution is 5.88. The van der Waals surface area contributed by atoms with E-state index in [9.17, 15) is 22.8 Å². The second-order valence-corrected chi connectivity index (χ2v) is 7.24. The van der Waals surface area contributed by atoms with Gasteiger partial charge in [0.2, 0.25) is 29.5 Å². The number of amides is 2. The maximum absolute atomic E-state index is 12.5.